The number of esters is 1. The molecule has 2 atom stereocenters. The van der Waals surface area contributed by atoms with Gasteiger partial charge in [-0.05, 0) is 43.2 Å². The van der Waals surface area contributed by atoms with E-state index in [-0.39, 0.29) is 24.8 Å². The van der Waals surface area contributed by atoms with E-state index in [1.54, 1.807) is 11.1 Å². The second-order valence-electron chi connectivity index (χ2n) is 9.46. The predicted octanol–water partition coefficient (Wildman–Crippen LogP) is 3.06. The van der Waals surface area contributed by atoms with Gasteiger partial charge < -0.3 is 30.8 Å². The number of carbonyl (C=O) groups excluding carboxylic acids is 3. The topological polar surface area (TPSA) is 155 Å². The van der Waals surface area contributed by atoms with Gasteiger partial charge in [-0.25, -0.2) is 9.59 Å². The fourth-order valence-corrected chi connectivity index (χ4v) is 4.26. The first-order valence-corrected chi connectivity index (χ1v) is 12.3. The first-order valence-electron chi connectivity index (χ1n) is 12.3. The molecule has 2 aromatic rings. The number of fused-ring (bicyclic) bond motifs is 1. The van der Waals surface area contributed by atoms with E-state index in [1.165, 1.54) is 13.5 Å². The Balaban J connectivity index is 0.000000425. The predicted molar refractivity (Wildman–Crippen MR) is 136 cm³/mol. The van der Waals surface area contributed by atoms with Gasteiger partial charge in [0.2, 0.25) is 5.91 Å². The van der Waals surface area contributed by atoms with Gasteiger partial charge >= 0.3 is 18.0 Å². The number of methoxy groups -OCH3 is 1. The maximum absolute atomic E-state index is 12.6. The Labute approximate surface area is 211 Å². The second-order valence-corrected chi connectivity index (χ2v) is 9.46. The number of nitrogens with zero attached hydrogens (tertiary/aromatic N) is 1. The molecule has 3 rings (SSSR count). The molecule has 198 valence electrons. The summed E-state index contributed by atoms with van der Waals surface area (Å²) in [5.74, 6) is -2.49. The molecule has 3 amide bonds. The van der Waals surface area contributed by atoms with Crippen molar-refractivity contribution in [2.75, 3.05) is 20.2 Å². The number of amides is 3. The molecule has 0 spiro atoms. The van der Waals surface area contributed by atoms with E-state index >= 15 is 0 Å². The number of carboxylic acids is 1. The maximum Gasteiger partial charge on any atom is 0.326 e. The van der Waals surface area contributed by atoms with Gasteiger partial charge in [-0.1, -0.05) is 32.0 Å². The lowest BCUT2D eigenvalue weighted by molar-refractivity contribution is -0.145. The van der Waals surface area contributed by atoms with Gasteiger partial charge in [0.1, 0.15) is 6.04 Å². The standard InChI is InChI=1S/C20H26N2O5.C6H12N2O/c1-12(2)8-13(10-18(23)27-3)19(24)22-17(20(25)26)9-14-11-21-16-7-5-4-6-15(14)16;7-6(9)8-4-2-1-3-5-8/h4-7,11-13,17,21H,8-10H2,1-3H3,(H,22,24)(H,25,26);1-5H2,(H2,7,9)/t13?,17-;/m0./s1. The molecule has 1 fully saturated rings. The molecule has 0 bridgehead atoms. The largest absolute Gasteiger partial charge is 0.480 e. The Morgan fingerprint density at radius 1 is 1.14 bits per heavy atom. The van der Waals surface area contributed by atoms with E-state index in [2.05, 4.69) is 15.0 Å². The van der Waals surface area contributed by atoms with E-state index in [1.807, 2.05) is 38.1 Å². The molecule has 36 heavy (non-hydrogen) atoms. The van der Waals surface area contributed by atoms with Crippen LogP contribution < -0.4 is 11.1 Å². The van der Waals surface area contributed by atoms with Crippen LogP contribution in [0.4, 0.5) is 4.79 Å². The first kappa shape index (κ1) is 28.7. The van der Waals surface area contributed by atoms with Gasteiger partial charge in [-0.3, -0.25) is 9.59 Å². The fraction of sp³-hybridized carbons (Fsp3) is 0.538. The Kier molecular flexibility index (Phi) is 11.2. The second kappa shape index (κ2) is 14.1. The number of nitrogens with two attached hydrogens (primary N) is 1. The molecule has 0 radical (unpaired) electrons. The van der Waals surface area contributed by atoms with E-state index in [9.17, 15) is 24.3 Å². The fourth-order valence-electron chi connectivity index (χ4n) is 4.26. The third-order valence-electron chi connectivity index (χ3n) is 6.15. The molecule has 1 aromatic heterocycles. The number of carbonyl (C=O) groups is 4. The number of hydrogen-bond acceptors (Lipinski definition) is 5. The van der Waals surface area contributed by atoms with Crippen LogP contribution in [0.2, 0.25) is 0 Å². The van der Waals surface area contributed by atoms with Crippen molar-refractivity contribution in [3.8, 4) is 0 Å². The molecule has 1 unspecified atom stereocenters. The summed E-state index contributed by atoms with van der Waals surface area (Å²) in [6.45, 7) is 5.60. The minimum absolute atomic E-state index is 0.0695. The summed E-state index contributed by atoms with van der Waals surface area (Å²) in [7, 11) is 1.27. The highest BCUT2D eigenvalue weighted by Gasteiger charge is 2.28. The smallest absolute Gasteiger partial charge is 0.326 e. The summed E-state index contributed by atoms with van der Waals surface area (Å²) in [6.07, 6.45) is 5.78. The number of urea groups is 1. The van der Waals surface area contributed by atoms with Crippen LogP contribution in [0.3, 0.4) is 0 Å². The van der Waals surface area contributed by atoms with Crippen molar-refractivity contribution in [1.82, 2.24) is 15.2 Å². The number of para-hydroxylation sites is 1. The van der Waals surface area contributed by atoms with Crippen LogP contribution in [0.5, 0.6) is 0 Å². The highest BCUT2D eigenvalue weighted by molar-refractivity contribution is 5.89. The van der Waals surface area contributed by atoms with Crippen LogP contribution in [-0.4, -0.2) is 65.1 Å². The zero-order valence-corrected chi connectivity index (χ0v) is 21.3. The molecule has 0 aliphatic carbocycles. The number of piperidine rings is 1. The summed E-state index contributed by atoms with van der Waals surface area (Å²) >= 11 is 0. The summed E-state index contributed by atoms with van der Waals surface area (Å²) in [5.41, 5.74) is 6.77. The number of ether oxygens (including phenoxy) is 1. The zero-order chi connectivity index (χ0) is 26.7. The Hall–Kier alpha value is -3.56. The van der Waals surface area contributed by atoms with Crippen LogP contribution in [-0.2, 0) is 25.5 Å². The van der Waals surface area contributed by atoms with Gasteiger partial charge in [-0.15, -0.1) is 0 Å². The highest BCUT2D eigenvalue weighted by Crippen LogP contribution is 2.20. The Morgan fingerprint density at radius 3 is 2.36 bits per heavy atom. The van der Waals surface area contributed by atoms with E-state index in [0.717, 1.165) is 42.4 Å². The number of aromatic nitrogens is 1. The summed E-state index contributed by atoms with van der Waals surface area (Å²) in [5, 5.41) is 13.1. The van der Waals surface area contributed by atoms with Gasteiger partial charge in [0.05, 0.1) is 13.5 Å². The number of hydrogen-bond donors (Lipinski definition) is 4. The zero-order valence-electron chi connectivity index (χ0n) is 21.3. The lowest BCUT2D eigenvalue weighted by atomic mass is 9.92. The minimum Gasteiger partial charge on any atom is -0.480 e. The summed E-state index contributed by atoms with van der Waals surface area (Å²) in [4.78, 5) is 51.3. The molecule has 0 saturated carbocycles. The van der Waals surface area contributed by atoms with E-state index in [4.69, 9.17) is 5.73 Å². The van der Waals surface area contributed by atoms with Crippen LogP contribution in [0.25, 0.3) is 10.9 Å². The molecule has 2 heterocycles. The minimum atomic E-state index is -1.12. The Morgan fingerprint density at radius 2 is 1.81 bits per heavy atom. The molecule has 1 aromatic carbocycles. The van der Waals surface area contributed by atoms with Crippen molar-refractivity contribution in [2.45, 2.75) is 58.4 Å². The van der Waals surface area contributed by atoms with Crippen LogP contribution >= 0.6 is 0 Å². The molecule has 1 aliphatic rings. The quantitative estimate of drug-likeness (QED) is 0.386. The number of nitrogens with one attached hydrogen (secondary N) is 2. The highest BCUT2D eigenvalue weighted by atomic mass is 16.5. The van der Waals surface area contributed by atoms with Crippen LogP contribution in [0, 0.1) is 11.8 Å². The molecule has 10 nitrogen and oxygen atoms in total. The number of aromatic amines is 1. The third-order valence-corrected chi connectivity index (χ3v) is 6.15. The van der Waals surface area contributed by atoms with Crippen molar-refractivity contribution < 1.29 is 29.0 Å². The van der Waals surface area contributed by atoms with Gasteiger partial charge in [0.15, 0.2) is 0 Å². The van der Waals surface area contributed by atoms with Crippen molar-refractivity contribution in [2.24, 2.45) is 17.6 Å². The van der Waals surface area contributed by atoms with Crippen LogP contribution in [0.15, 0.2) is 30.5 Å². The number of likely N-dealkylation sites (tertiary alicyclic amines) is 1. The molecule has 5 N–H and O–H groups in total. The number of H-pyrrole nitrogens is 1. The molecular formula is C26H38N4O6. The van der Waals surface area contributed by atoms with Crippen molar-refractivity contribution in [3.05, 3.63) is 36.0 Å². The average Bonchev–Trinajstić information content (AvgIpc) is 3.26. The van der Waals surface area contributed by atoms with Gasteiger partial charge in [-0.2, -0.15) is 0 Å². The average molecular weight is 503 g/mol. The maximum atomic E-state index is 12.6. The number of benzene rings is 1. The SMILES string of the molecule is COC(=O)CC(CC(C)C)C(=O)N[C@@H](Cc1c[nH]c2ccccc12)C(=O)O.NC(=O)N1CCCCC1. The van der Waals surface area contributed by atoms with Crippen LogP contribution in [0.1, 0.15) is 51.5 Å². The normalized spacial score (nSPS) is 14.9. The first-order chi connectivity index (χ1) is 17.1. The molecular weight excluding hydrogens is 464 g/mol. The third kappa shape index (κ3) is 8.90. The van der Waals surface area contributed by atoms with Gasteiger partial charge in [0, 0.05) is 42.5 Å². The summed E-state index contributed by atoms with van der Waals surface area (Å²) in [6, 6.07) is 6.23. The number of rotatable bonds is 9. The van der Waals surface area contributed by atoms with E-state index < -0.39 is 29.8 Å². The number of aliphatic carboxylic acids is 1. The van der Waals surface area contributed by atoms with Crippen molar-refractivity contribution >= 4 is 34.8 Å². The van der Waals surface area contributed by atoms with Crippen molar-refractivity contribution in [1.29, 1.82) is 0 Å². The molecule has 1 saturated heterocycles. The lowest BCUT2D eigenvalue weighted by Gasteiger charge is -2.24. The van der Waals surface area contributed by atoms with Gasteiger partial charge in [0.25, 0.3) is 0 Å². The van der Waals surface area contributed by atoms with Crippen molar-refractivity contribution in [3.63, 3.8) is 0 Å². The molecule has 1 aliphatic heterocycles. The lowest BCUT2D eigenvalue weighted by Crippen LogP contribution is -2.45. The number of carboxylic acid groups (broad SMARTS) is 1. The number of primary amides is 1. The monoisotopic (exact) mass is 502 g/mol. The Bertz CT molecular complexity index is 1030. The van der Waals surface area contributed by atoms with E-state index in [0.29, 0.717) is 6.42 Å². The summed E-state index contributed by atoms with van der Waals surface area (Å²) < 4.78 is 4.66. The molecule has 10 heteroatoms.